The molecule has 9 nitrogen and oxygen atoms in total. The average Bonchev–Trinajstić information content (AvgIpc) is 2.90. The van der Waals surface area contributed by atoms with Crippen molar-refractivity contribution in [1.82, 2.24) is 5.43 Å². The van der Waals surface area contributed by atoms with Gasteiger partial charge in [-0.15, -0.1) is 0 Å². The fourth-order valence-electron chi connectivity index (χ4n) is 2.95. The molecule has 0 saturated carbocycles. The van der Waals surface area contributed by atoms with Gasteiger partial charge in [-0.05, 0) is 66.6 Å². The van der Waals surface area contributed by atoms with Crippen molar-refractivity contribution in [2.45, 2.75) is 19.8 Å². The number of carbonyl (C=O) groups excluding carboxylic acids is 3. The number of benzene rings is 3. The van der Waals surface area contributed by atoms with E-state index < -0.39 is 17.8 Å². The van der Waals surface area contributed by atoms with Gasteiger partial charge in [-0.25, -0.2) is 10.2 Å². The Morgan fingerprint density at radius 2 is 1.67 bits per heavy atom. The number of hydrazone groups is 1. The average molecular weight is 490 g/mol. The van der Waals surface area contributed by atoms with Gasteiger partial charge in [0, 0.05) is 5.69 Å². The Labute approximate surface area is 209 Å². The first-order chi connectivity index (χ1) is 17.5. The molecule has 0 bridgehead atoms. The molecule has 0 aromatic heterocycles. The first-order valence-corrected chi connectivity index (χ1v) is 11.3. The number of nitrogens with one attached hydrogen (secondary N) is 2. The minimum Gasteiger partial charge on any atom is -0.494 e. The van der Waals surface area contributed by atoms with E-state index in [4.69, 9.17) is 14.2 Å². The fraction of sp³-hybridized carbons (Fsp3) is 0.185. The largest absolute Gasteiger partial charge is 0.494 e. The van der Waals surface area contributed by atoms with Gasteiger partial charge in [0.05, 0.1) is 25.5 Å². The molecule has 3 aromatic carbocycles. The summed E-state index contributed by atoms with van der Waals surface area (Å²) in [6, 6.07) is 20.0. The van der Waals surface area contributed by atoms with Crippen LogP contribution in [-0.4, -0.2) is 37.7 Å². The Kier molecular flexibility index (Phi) is 9.58. The summed E-state index contributed by atoms with van der Waals surface area (Å²) in [6.07, 6.45) is 3.33. The highest BCUT2D eigenvalue weighted by Gasteiger charge is 2.14. The second kappa shape index (κ2) is 13.3. The van der Waals surface area contributed by atoms with Crippen LogP contribution in [0, 0.1) is 0 Å². The summed E-state index contributed by atoms with van der Waals surface area (Å²) in [5.41, 5.74) is 3.56. The highest BCUT2D eigenvalue weighted by atomic mass is 16.6. The number of hydrogen-bond acceptors (Lipinski definition) is 7. The quantitative estimate of drug-likeness (QED) is 0.110. The third-order valence-electron chi connectivity index (χ3n) is 4.86. The first-order valence-electron chi connectivity index (χ1n) is 11.3. The summed E-state index contributed by atoms with van der Waals surface area (Å²) >= 11 is 0. The Morgan fingerprint density at radius 3 is 2.36 bits per heavy atom. The summed E-state index contributed by atoms with van der Waals surface area (Å²) in [7, 11) is 1.44. The number of carbonyl (C=O) groups is 3. The van der Waals surface area contributed by atoms with Crippen molar-refractivity contribution >= 4 is 29.7 Å². The Hall–Kier alpha value is -4.66. The first kappa shape index (κ1) is 26.0. The molecule has 0 saturated heterocycles. The van der Waals surface area contributed by atoms with Crippen LogP contribution in [0.4, 0.5) is 5.69 Å². The number of ether oxygens (including phenoxy) is 3. The van der Waals surface area contributed by atoms with E-state index in [1.165, 1.54) is 13.3 Å². The molecule has 9 heteroatoms. The van der Waals surface area contributed by atoms with E-state index >= 15 is 0 Å². The molecule has 0 aliphatic rings. The van der Waals surface area contributed by atoms with Crippen molar-refractivity contribution in [2.24, 2.45) is 5.10 Å². The van der Waals surface area contributed by atoms with E-state index in [1.807, 2.05) is 0 Å². The minimum absolute atomic E-state index is 0.217. The van der Waals surface area contributed by atoms with Crippen molar-refractivity contribution < 1.29 is 28.6 Å². The van der Waals surface area contributed by atoms with Gasteiger partial charge >= 0.3 is 17.8 Å². The summed E-state index contributed by atoms with van der Waals surface area (Å²) in [6.45, 7) is 2.71. The molecule has 0 aliphatic carbocycles. The number of amides is 2. The number of esters is 1. The van der Waals surface area contributed by atoms with Crippen molar-refractivity contribution in [3.05, 3.63) is 83.9 Å². The predicted octanol–water partition coefficient (Wildman–Crippen LogP) is 4.18. The van der Waals surface area contributed by atoms with Crippen molar-refractivity contribution in [3.8, 4) is 17.2 Å². The maximum Gasteiger partial charge on any atom is 0.343 e. The highest BCUT2D eigenvalue weighted by Crippen LogP contribution is 2.28. The number of unbranched alkanes of at least 4 members (excludes halogenated alkanes) is 1. The molecular weight excluding hydrogens is 462 g/mol. The van der Waals surface area contributed by atoms with Crippen LogP contribution in [0.2, 0.25) is 0 Å². The Bertz CT molecular complexity index is 1210. The lowest BCUT2D eigenvalue weighted by Gasteiger charge is -2.10. The van der Waals surface area contributed by atoms with E-state index in [1.54, 1.807) is 72.8 Å². The maximum atomic E-state index is 12.6. The number of methoxy groups -OCH3 is 1. The van der Waals surface area contributed by atoms with Crippen molar-refractivity contribution in [2.75, 3.05) is 19.0 Å². The lowest BCUT2D eigenvalue weighted by atomic mass is 10.2. The molecule has 0 heterocycles. The van der Waals surface area contributed by atoms with E-state index in [0.717, 1.165) is 12.8 Å². The molecule has 0 radical (unpaired) electrons. The summed E-state index contributed by atoms with van der Waals surface area (Å²) < 4.78 is 16.4. The normalized spacial score (nSPS) is 10.5. The topological polar surface area (TPSA) is 115 Å². The monoisotopic (exact) mass is 489 g/mol. The van der Waals surface area contributed by atoms with E-state index in [2.05, 4.69) is 22.8 Å². The van der Waals surface area contributed by atoms with Crippen LogP contribution < -0.4 is 25.0 Å². The zero-order valence-corrected chi connectivity index (χ0v) is 20.0. The van der Waals surface area contributed by atoms with Crippen LogP contribution in [0.3, 0.4) is 0 Å². The van der Waals surface area contributed by atoms with Crippen LogP contribution in [0.1, 0.15) is 35.7 Å². The zero-order chi connectivity index (χ0) is 25.8. The Morgan fingerprint density at radius 1 is 0.917 bits per heavy atom. The van der Waals surface area contributed by atoms with Gasteiger partial charge in [-0.1, -0.05) is 31.5 Å². The van der Waals surface area contributed by atoms with Crippen LogP contribution in [0.15, 0.2) is 77.9 Å². The molecule has 0 unspecified atom stereocenters. The maximum absolute atomic E-state index is 12.6. The molecule has 3 rings (SSSR count). The van der Waals surface area contributed by atoms with E-state index in [0.29, 0.717) is 34.9 Å². The minimum atomic E-state index is -0.922. The molecule has 3 aromatic rings. The van der Waals surface area contributed by atoms with Gasteiger partial charge in [0.15, 0.2) is 11.5 Å². The Balaban J connectivity index is 1.56. The van der Waals surface area contributed by atoms with Gasteiger partial charge in [-0.2, -0.15) is 5.10 Å². The number of nitrogens with zero attached hydrogens (tertiary/aromatic N) is 1. The fourth-order valence-corrected chi connectivity index (χ4v) is 2.95. The number of para-hydroxylation sites is 1. The van der Waals surface area contributed by atoms with Gasteiger partial charge in [-0.3, -0.25) is 9.59 Å². The lowest BCUT2D eigenvalue weighted by Crippen LogP contribution is -2.32. The molecule has 36 heavy (non-hydrogen) atoms. The molecule has 0 spiro atoms. The summed E-state index contributed by atoms with van der Waals surface area (Å²) in [5.74, 6) is -1.13. The highest BCUT2D eigenvalue weighted by molar-refractivity contribution is 6.39. The van der Waals surface area contributed by atoms with Gasteiger partial charge in [0.1, 0.15) is 5.75 Å². The molecule has 2 amide bonds. The SMILES string of the molecule is CCCCOc1ccc(C(=O)Oc2ccc(/C=N\NC(=O)C(=O)Nc3ccccc3)cc2OC)cc1. The van der Waals surface area contributed by atoms with Crippen LogP contribution in [-0.2, 0) is 9.59 Å². The molecule has 0 atom stereocenters. The molecule has 2 N–H and O–H groups in total. The van der Waals surface area contributed by atoms with Crippen molar-refractivity contribution in [1.29, 1.82) is 0 Å². The molecule has 0 aliphatic heterocycles. The third kappa shape index (κ3) is 7.69. The number of anilines is 1. The van der Waals surface area contributed by atoms with Gasteiger partial charge in [0.25, 0.3) is 0 Å². The second-order valence-corrected chi connectivity index (χ2v) is 7.55. The predicted molar refractivity (Wildman–Crippen MR) is 136 cm³/mol. The molecular formula is C27H27N3O6. The van der Waals surface area contributed by atoms with Crippen LogP contribution in [0.25, 0.3) is 0 Å². The van der Waals surface area contributed by atoms with Gasteiger partial charge < -0.3 is 19.5 Å². The third-order valence-corrected chi connectivity index (χ3v) is 4.86. The molecule has 186 valence electrons. The number of rotatable bonds is 10. The van der Waals surface area contributed by atoms with E-state index in [-0.39, 0.29) is 5.75 Å². The van der Waals surface area contributed by atoms with Crippen molar-refractivity contribution in [3.63, 3.8) is 0 Å². The standard InChI is InChI=1S/C27H27N3O6/c1-3-4-16-35-22-13-11-20(12-14-22)27(33)36-23-15-10-19(17-24(23)34-2)18-28-30-26(32)25(31)29-21-8-6-5-7-9-21/h5-15,17-18H,3-4,16H2,1-2H3,(H,29,31)(H,30,32)/b28-18-. The summed E-state index contributed by atoms with van der Waals surface area (Å²) in [5, 5.41) is 6.25. The number of hydrogen-bond donors (Lipinski definition) is 2. The van der Waals surface area contributed by atoms with Gasteiger partial charge in [0.2, 0.25) is 0 Å². The van der Waals surface area contributed by atoms with Crippen LogP contribution in [0.5, 0.6) is 17.2 Å². The zero-order valence-electron chi connectivity index (χ0n) is 20.0. The second-order valence-electron chi connectivity index (χ2n) is 7.55. The van der Waals surface area contributed by atoms with Crippen LogP contribution >= 0.6 is 0 Å². The lowest BCUT2D eigenvalue weighted by molar-refractivity contribution is -0.136. The smallest absolute Gasteiger partial charge is 0.343 e. The van der Waals surface area contributed by atoms with E-state index in [9.17, 15) is 14.4 Å². The summed E-state index contributed by atoms with van der Waals surface area (Å²) in [4.78, 5) is 36.4. The molecule has 0 fully saturated rings.